The van der Waals surface area contributed by atoms with E-state index in [-0.39, 0.29) is 12.3 Å². The van der Waals surface area contributed by atoms with Crippen molar-refractivity contribution in [2.24, 2.45) is 0 Å². The zero-order valence-electron chi connectivity index (χ0n) is 17.6. The maximum atomic E-state index is 15.1. The SMILES string of the molecule is CC(C)c1c(CC(=O)O)c(F)cc2c1c(Sc1cccc3ccccc13)c1n2CCC1. The van der Waals surface area contributed by atoms with Gasteiger partial charge in [0.2, 0.25) is 0 Å². The molecule has 0 amide bonds. The Morgan fingerprint density at radius 3 is 2.74 bits per heavy atom. The van der Waals surface area contributed by atoms with Crippen LogP contribution in [-0.2, 0) is 24.2 Å². The van der Waals surface area contributed by atoms with Gasteiger partial charge >= 0.3 is 5.97 Å². The van der Waals surface area contributed by atoms with Crippen LogP contribution in [0.5, 0.6) is 0 Å². The summed E-state index contributed by atoms with van der Waals surface area (Å²) in [6, 6.07) is 16.2. The first-order chi connectivity index (χ1) is 15.0. The molecule has 0 radical (unpaired) electrons. The van der Waals surface area contributed by atoms with Crippen molar-refractivity contribution in [2.45, 2.75) is 55.4 Å². The topological polar surface area (TPSA) is 42.2 Å². The Morgan fingerprint density at radius 1 is 1.19 bits per heavy atom. The van der Waals surface area contributed by atoms with E-state index in [1.807, 2.05) is 19.9 Å². The predicted octanol–water partition coefficient (Wildman–Crippen LogP) is 6.78. The smallest absolute Gasteiger partial charge is 0.307 e. The van der Waals surface area contributed by atoms with Gasteiger partial charge in [-0.05, 0) is 47.2 Å². The van der Waals surface area contributed by atoms with Gasteiger partial charge in [-0.1, -0.05) is 62.0 Å². The third-order valence-electron chi connectivity index (χ3n) is 6.17. The molecule has 3 aromatic carbocycles. The second kappa shape index (κ2) is 7.72. The minimum absolute atomic E-state index is 0.0162. The third-order valence-corrected chi connectivity index (χ3v) is 7.39. The van der Waals surface area contributed by atoms with Crippen LogP contribution in [0.25, 0.3) is 21.7 Å². The van der Waals surface area contributed by atoms with Crippen LogP contribution < -0.4 is 0 Å². The Kier molecular flexibility index (Phi) is 5.01. The van der Waals surface area contributed by atoms with Crippen LogP contribution in [0.3, 0.4) is 0 Å². The summed E-state index contributed by atoms with van der Waals surface area (Å²) in [5, 5.41) is 12.8. The van der Waals surface area contributed by atoms with Crippen LogP contribution in [0.2, 0.25) is 0 Å². The molecule has 158 valence electrons. The van der Waals surface area contributed by atoms with E-state index in [1.165, 1.54) is 21.4 Å². The number of nitrogens with zero attached hydrogens (tertiary/aromatic N) is 1. The Hall–Kier alpha value is -2.79. The number of hydrogen-bond acceptors (Lipinski definition) is 2. The van der Waals surface area contributed by atoms with Crippen molar-refractivity contribution in [3.8, 4) is 0 Å². The van der Waals surface area contributed by atoms with E-state index in [1.54, 1.807) is 17.8 Å². The van der Waals surface area contributed by atoms with Crippen molar-refractivity contribution in [3.05, 3.63) is 71.2 Å². The highest BCUT2D eigenvalue weighted by molar-refractivity contribution is 7.99. The highest BCUT2D eigenvalue weighted by Gasteiger charge is 2.28. The second-order valence-corrected chi connectivity index (χ2v) is 9.53. The molecule has 0 saturated carbocycles. The number of benzene rings is 3. The molecule has 0 unspecified atom stereocenters. The Labute approximate surface area is 184 Å². The van der Waals surface area contributed by atoms with Crippen LogP contribution in [0.15, 0.2) is 58.3 Å². The standard InChI is InChI=1S/C26H24FNO2S/c1-15(2)24-18(13-23(29)30)19(27)14-21-25(24)26(20-10-6-12-28(20)21)31-22-11-5-8-16-7-3-4-9-17(16)22/h3-5,7-9,11,14-15H,6,10,12-13H2,1-2H3,(H,29,30). The summed E-state index contributed by atoms with van der Waals surface area (Å²) in [6.45, 7) is 4.92. The lowest BCUT2D eigenvalue weighted by Gasteiger charge is -2.17. The fourth-order valence-electron chi connectivity index (χ4n) is 4.94. The van der Waals surface area contributed by atoms with Gasteiger partial charge in [-0.3, -0.25) is 4.79 Å². The van der Waals surface area contributed by atoms with E-state index in [0.29, 0.717) is 5.56 Å². The summed E-state index contributed by atoms with van der Waals surface area (Å²) in [6.07, 6.45) is 1.70. The summed E-state index contributed by atoms with van der Waals surface area (Å²) in [4.78, 5) is 13.8. The average molecular weight is 434 g/mol. The first kappa shape index (κ1) is 20.1. The van der Waals surface area contributed by atoms with Gasteiger partial charge in [0.05, 0.1) is 11.9 Å². The van der Waals surface area contributed by atoms with Gasteiger partial charge in [-0.25, -0.2) is 4.39 Å². The number of carboxylic acid groups (broad SMARTS) is 1. The van der Waals surface area contributed by atoms with Crippen molar-refractivity contribution in [3.63, 3.8) is 0 Å². The predicted molar refractivity (Wildman–Crippen MR) is 124 cm³/mol. The van der Waals surface area contributed by atoms with Crippen molar-refractivity contribution in [1.82, 2.24) is 4.57 Å². The lowest BCUT2D eigenvalue weighted by Crippen LogP contribution is -2.08. The van der Waals surface area contributed by atoms with Crippen molar-refractivity contribution in [1.29, 1.82) is 0 Å². The Bertz CT molecular complexity index is 1330. The molecular weight excluding hydrogens is 409 g/mol. The number of aromatic nitrogens is 1. The maximum absolute atomic E-state index is 15.1. The van der Waals surface area contributed by atoms with Crippen molar-refractivity contribution in [2.75, 3.05) is 0 Å². The summed E-state index contributed by atoms with van der Waals surface area (Å²) in [5.74, 6) is -1.40. The number of aliphatic carboxylic acids is 1. The number of rotatable bonds is 5. The number of carboxylic acids is 1. The van der Waals surface area contributed by atoms with E-state index >= 15 is 4.39 Å². The molecule has 1 aromatic heterocycles. The molecule has 1 aliphatic heterocycles. The number of halogens is 1. The monoisotopic (exact) mass is 433 g/mol. The van der Waals surface area contributed by atoms with Gasteiger partial charge < -0.3 is 9.67 Å². The van der Waals surface area contributed by atoms with Gasteiger partial charge in [0.25, 0.3) is 0 Å². The molecule has 3 nitrogen and oxygen atoms in total. The third kappa shape index (κ3) is 3.32. The van der Waals surface area contributed by atoms with E-state index in [2.05, 4.69) is 41.0 Å². The van der Waals surface area contributed by atoms with Crippen LogP contribution in [0.1, 0.15) is 43.0 Å². The summed E-state index contributed by atoms with van der Waals surface area (Å²) in [5.41, 5.74) is 3.29. The van der Waals surface area contributed by atoms with Gasteiger partial charge in [0.15, 0.2) is 0 Å². The number of carbonyl (C=O) groups is 1. The largest absolute Gasteiger partial charge is 0.481 e. The normalized spacial score (nSPS) is 13.4. The Morgan fingerprint density at radius 2 is 1.97 bits per heavy atom. The summed E-state index contributed by atoms with van der Waals surface area (Å²) < 4.78 is 17.4. The number of aryl methyl sites for hydroxylation is 1. The molecule has 0 fully saturated rings. The summed E-state index contributed by atoms with van der Waals surface area (Å²) in [7, 11) is 0. The fourth-order valence-corrected chi connectivity index (χ4v) is 6.25. The molecule has 0 atom stereocenters. The zero-order valence-corrected chi connectivity index (χ0v) is 18.4. The molecule has 31 heavy (non-hydrogen) atoms. The minimum atomic E-state index is -1.00. The quantitative estimate of drug-likeness (QED) is 0.377. The van der Waals surface area contributed by atoms with E-state index < -0.39 is 11.8 Å². The molecule has 5 heteroatoms. The number of hydrogen-bond donors (Lipinski definition) is 1. The molecule has 4 aromatic rings. The molecule has 2 heterocycles. The molecule has 1 N–H and O–H groups in total. The van der Waals surface area contributed by atoms with E-state index in [4.69, 9.17) is 0 Å². The minimum Gasteiger partial charge on any atom is -0.481 e. The van der Waals surface area contributed by atoms with Gasteiger partial charge in [-0.2, -0.15) is 0 Å². The van der Waals surface area contributed by atoms with Crippen molar-refractivity contribution >= 4 is 39.4 Å². The number of fused-ring (bicyclic) bond motifs is 4. The molecule has 1 aliphatic rings. The Balaban J connectivity index is 1.80. The molecule has 5 rings (SSSR count). The van der Waals surface area contributed by atoms with E-state index in [9.17, 15) is 9.90 Å². The second-order valence-electron chi connectivity index (χ2n) is 8.48. The molecule has 0 spiro atoms. The molecule has 0 bridgehead atoms. The average Bonchev–Trinajstić information content (AvgIpc) is 3.31. The van der Waals surface area contributed by atoms with Crippen LogP contribution >= 0.6 is 11.8 Å². The first-order valence-corrected chi connectivity index (χ1v) is 11.5. The lowest BCUT2D eigenvalue weighted by molar-refractivity contribution is -0.136. The highest BCUT2D eigenvalue weighted by atomic mass is 32.2. The van der Waals surface area contributed by atoms with Gasteiger partial charge in [0.1, 0.15) is 5.82 Å². The zero-order chi connectivity index (χ0) is 21.7. The van der Waals surface area contributed by atoms with Crippen LogP contribution in [0, 0.1) is 5.82 Å². The molecular formula is C26H24FNO2S. The van der Waals surface area contributed by atoms with Crippen LogP contribution in [0.4, 0.5) is 4.39 Å². The lowest BCUT2D eigenvalue weighted by atomic mass is 9.91. The van der Waals surface area contributed by atoms with Gasteiger partial charge in [-0.15, -0.1) is 0 Å². The fraction of sp³-hybridized carbons (Fsp3) is 0.269. The van der Waals surface area contributed by atoms with Crippen molar-refractivity contribution < 1.29 is 14.3 Å². The maximum Gasteiger partial charge on any atom is 0.307 e. The molecule has 0 aliphatic carbocycles. The summed E-state index contributed by atoms with van der Waals surface area (Å²) >= 11 is 1.73. The highest BCUT2D eigenvalue weighted by Crippen LogP contribution is 2.47. The van der Waals surface area contributed by atoms with E-state index in [0.717, 1.165) is 40.7 Å². The van der Waals surface area contributed by atoms with Crippen LogP contribution in [-0.4, -0.2) is 15.6 Å². The molecule has 0 saturated heterocycles. The first-order valence-electron chi connectivity index (χ1n) is 10.7. The van der Waals surface area contributed by atoms with Gasteiger partial charge in [0, 0.05) is 33.0 Å².